The molecule has 0 radical (unpaired) electrons. The lowest BCUT2D eigenvalue weighted by Crippen LogP contribution is -2.14. The summed E-state index contributed by atoms with van der Waals surface area (Å²) >= 11 is 0. The Morgan fingerprint density at radius 1 is 0.491 bits per heavy atom. The van der Waals surface area contributed by atoms with E-state index in [9.17, 15) is 23.7 Å². The molecule has 0 aliphatic carbocycles. The zero-order chi connectivity index (χ0) is 41.5. The van der Waals surface area contributed by atoms with Gasteiger partial charge in [-0.15, -0.1) is 0 Å². The van der Waals surface area contributed by atoms with Crippen molar-refractivity contribution >= 4 is 38.2 Å². The summed E-state index contributed by atoms with van der Waals surface area (Å²) < 4.78 is 28.6. The average molecular weight is 814 g/mol. The zero-order valence-electron chi connectivity index (χ0n) is 35.6. The average Bonchev–Trinajstić information content (AvgIpc) is 3.19. The summed E-state index contributed by atoms with van der Waals surface area (Å²) in [6, 6.07) is 6.72. The highest BCUT2D eigenvalue weighted by Gasteiger charge is 2.39. The van der Waals surface area contributed by atoms with E-state index >= 15 is 0 Å². The molecule has 0 fully saturated rings. The lowest BCUT2D eigenvalue weighted by atomic mass is 10.1. The number of aliphatic imine (C=N–C) groups is 1. The molecule has 0 unspecified atom stereocenters. The van der Waals surface area contributed by atoms with Gasteiger partial charge >= 0.3 is 25.7 Å². The summed E-state index contributed by atoms with van der Waals surface area (Å²) in [5, 5.41) is 0. The lowest BCUT2D eigenvalue weighted by Gasteiger charge is -2.16. The van der Waals surface area contributed by atoms with Gasteiger partial charge in [0, 0.05) is 31.2 Å². The first-order valence-corrected chi connectivity index (χ1v) is 23.9. The second-order valence-electron chi connectivity index (χ2n) is 15.1. The molecular weight excluding hydrogens is 737 g/mol. The minimum absolute atomic E-state index is 0.00000925. The number of carbonyl (C=O) groups excluding carboxylic acids is 4. The van der Waals surface area contributed by atoms with Crippen LogP contribution in [0.15, 0.2) is 53.6 Å². The predicted molar refractivity (Wildman–Crippen MR) is 234 cm³/mol. The van der Waals surface area contributed by atoms with Gasteiger partial charge in [-0.3, -0.25) is 24.2 Å². The number of allylic oxidation sites excluding steroid dienone is 4. The second kappa shape index (κ2) is 37.0. The van der Waals surface area contributed by atoms with Crippen LogP contribution in [0.3, 0.4) is 0 Å². The van der Waals surface area contributed by atoms with Gasteiger partial charge in [0.05, 0.1) is 6.42 Å². The Hall–Kier alpha value is -3.32. The number of unbranched alkanes of at least 4 members (excludes halogenated alkanes) is 22. The van der Waals surface area contributed by atoms with Crippen molar-refractivity contribution in [2.45, 2.75) is 200 Å². The van der Waals surface area contributed by atoms with Gasteiger partial charge in [-0.25, -0.2) is 0 Å². The SMILES string of the molecule is CCCCCCCC/C=C\CCCCCCCC(=O)OP(=O)(OC(=O)CCCCCCC/C=C\CCCCCCCC)OC(=O)CCN=Cc1ccc(C=O)cc1. The van der Waals surface area contributed by atoms with Crippen LogP contribution in [0.25, 0.3) is 0 Å². The molecule has 0 N–H and O–H groups in total. The van der Waals surface area contributed by atoms with Gasteiger partial charge in [0.2, 0.25) is 0 Å². The van der Waals surface area contributed by atoms with Crippen molar-refractivity contribution in [1.82, 2.24) is 0 Å². The largest absolute Gasteiger partial charge is 0.653 e. The minimum Gasteiger partial charge on any atom is -0.352 e. The number of phosphoric ester groups is 1. The Bertz CT molecular complexity index is 1260. The highest BCUT2D eigenvalue weighted by molar-refractivity contribution is 7.50. The van der Waals surface area contributed by atoms with E-state index in [0.29, 0.717) is 18.4 Å². The van der Waals surface area contributed by atoms with E-state index < -0.39 is 25.7 Å². The third-order valence-electron chi connectivity index (χ3n) is 9.68. The molecule has 57 heavy (non-hydrogen) atoms. The molecule has 0 aliphatic rings. The van der Waals surface area contributed by atoms with Crippen molar-refractivity contribution in [1.29, 1.82) is 0 Å². The van der Waals surface area contributed by atoms with Crippen LogP contribution in [-0.2, 0) is 32.5 Å². The van der Waals surface area contributed by atoms with E-state index in [0.717, 1.165) is 88.9 Å². The van der Waals surface area contributed by atoms with Crippen LogP contribution in [0.4, 0.5) is 0 Å². The van der Waals surface area contributed by atoms with Crippen molar-refractivity contribution in [3.63, 3.8) is 0 Å². The van der Waals surface area contributed by atoms with Crippen LogP contribution in [-0.4, -0.2) is 37.0 Å². The van der Waals surface area contributed by atoms with Gasteiger partial charge in [-0.2, -0.15) is 4.57 Å². The fourth-order valence-electron chi connectivity index (χ4n) is 6.23. The molecule has 10 heteroatoms. The normalized spacial score (nSPS) is 11.8. The van der Waals surface area contributed by atoms with Gasteiger partial charge in [0.25, 0.3) is 0 Å². The lowest BCUT2D eigenvalue weighted by molar-refractivity contribution is -0.144. The van der Waals surface area contributed by atoms with E-state index in [4.69, 9.17) is 13.6 Å². The molecule has 322 valence electrons. The molecule has 0 aromatic heterocycles. The molecule has 9 nitrogen and oxygen atoms in total. The topological polar surface area (TPSA) is 125 Å². The Kier molecular flexibility index (Phi) is 33.5. The molecule has 1 aromatic rings. The highest BCUT2D eigenvalue weighted by atomic mass is 31.2. The molecule has 0 spiro atoms. The molecule has 0 saturated carbocycles. The number of rotatable bonds is 38. The molecule has 0 amide bonds. The summed E-state index contributed by atoms with van der Waals surface area (Å²) in [4.78, 5) is 53.0. The minimum atomic E-state index is -4.83. The van der Waals surface area contributed by atoms with Gasteiger partial charge in [-0.1, -0.05) is 165 Å². The fraction of sp³-hybridized carbons (Fsp3) is 0.681. The molecule has 1 aromatic carbocycles. The number of benzene rings is 1. The number of hydrogen-bond acceptors (Lipinski definition) is 9. The Morgan fingerprint density at radius 2 is 0.825 bits per heavy atom. The summed E-state index contributed by atoms with van der Waals surface area (Å²) in [5.74, 6) is -2.64. The second-order valence-corrected chi connectivity index (χ2v) is 16.5. The maximum absolute atomic E-state index is 13.5. The van der Waals surface area contributed by atoms with Crippen molar-refractivity contribution in [3.05, 3.63) is 59.7 Å². The van der Waals surface area contributed by atoms with Gasteiger partial charge in [0.1, 0.15) is 6.29 Å². The summed E-state index contributed by atoms with van der Waals surface area (Å²) in [5.41, 5.74) is 1.26. The molecule has 0 aliphatic heterocycles. The molecular formula is C47H76NO8P. The standard InChI is InChI=1S/C47H76NO8P/c1-3-5-7-9-11-13-15-17-19-21-23-25-27-29-31-33-45(50)54-57(53,56-47(52)39-40-48-41-43-35-37-44(42-49)38-36-43)55-46(51)34-32-30-28-26-24-22-20-18-16-14-12-10-8-6-4-2/h17-20,35-38,41-42H,3-16,21-34,39-40H2,1-2H3/b19-17-,20-18-,48-41?. The van der Waals surface area contributed by atoms with Crippen LogP contribution >= 0.6 is 7.82 Å². The monoisotopic (exact) mass is 814 g/mol. The summed E-state index contributed by atoms with van der Waals surface area (Å²) in [7, 11) is -4.83. The van der Waals surface area contributed by atoms with E-state index in [1.807, 2.05) is 0 Å². The van der Waals surface area contributed by atoms with E-state index in [1.54, 1.807) is 24.3 Å². The van der Waals surface area contributed by atoms with Crippen molar-refractivity contribution < 1.29 is 37.3 Å². The Labute approximate surface area is 345 Å². The van der Waals surface area contributed by atoms with E-state index in [2.05, 4.69) is 43.1 Å². The van der Waals surface area contributed by atoms with Gasteiger partial charge in [-0.05, 0) is 69.8 Å². The van der Waals surface area contributed by atoms with E-state index in [1.165, 1.54) is 83.3 Å². The summed E-state index contributed by atoms with van der Waals surface area (Å²) in [6.07, 6.45) is 40.0. The highest BCUT2D eigenvalue weighted by Crippen LogP contribution is 2.51. The number of aldehydes is 1. The van der Waals surface area contributed by atoms with Gasteiger partial charge in [0.15, 0.2) is 0 Å². The molecule has 1 rings (SSSR count). The number of phosphoric acid groups is 1. The van der Waals surface area contributed by atoms with Crippen molar-refractivity contribution in [2.75, 3.05) is 6.54 Å². The van der Waals surface area contributed by atoms with Crippen LogP contribution in [0.5, 0.6) is 0 Å². The number of carbonyl (C=O) groups is 4. The van der Waals surface area contributed by atoms with Crippen molar-refractivity contribution in [2.24, 2.45) is 4.99 Å². The first-order chi connectivity index (χ1) is 27.8. The Morgan fingerprint density at radius 3 is 1.21 bits per heavy atom. The van der Waals surface area contributed by atoms with E-state index in [-0.39, 0.29) is 25.8 Å². The first-order valence-electron chi connectivity index (χ1n) is 22.4. The quantitative estimate of drug-likeness (QED) is 0.0212. The van der Waals surface area contributed by atoms with Crippen LogP contribution in [0.1, 0.15) is 216 Å². The molecule has 0 atom stereocenters. The molecule has 0 saturated heterocycles. The third-order valence-corrected chi connectivity index (χ3v) is 11.0. The van der Waals surface area contributed by atoms with Crippen molar-refractivity contribution in [3.8, 4) is 0 Å². The smallest absolute Gasteiger partial charge is 0.352 e. The third kappa shape index (κ3) is 32.3. The fourth-order valence-corrected chi connectivity index (χ4v) is 7.37. The van der Waals surface area contributed by atoms with Crippen LogP contribution in [0, 0.1) is 0 Å². The maximum Gasteiger partial charge on any atom is 0.653 e. The zero-order valence-corrected chi connectivity index (χ0v) is 36.5. The number of hydrogen-bond donors (Lipinski definition) is 0. The van der Waals surface area contributed by atoms with Gasteiger partial charge < -0.3 is 13.6 Å². The Balaban J connectivity index is 2.44. The predicted octanol–water partition coefficient (Wildman–Crippen LogP) is 14.1. The first kappa shape index (κ1) is 51.7. The van der Waals surface area contributed by atoms with Crippen LogP contribution in [0.2, 0.25) is 0 Å². The maximum atomic E-state index is 13.5. The summed E-state index contributed by atoms with van der Waals surface area (Å²) in [6.45, 7) is 4.47. The molecule has 0 heterocycles. The number of nitrogens with zero attached hydrogens (tertiary/aromatic N) is 1. The molecule has 0 bridgehead atoms. The van der Waals surface area contributed by atoms with Crippen LogP contribution < -0.4 is 0 Å².